The zero-order valence-corrected chi connectivity index (χ0v) is 19.5. The number of para-hydroxylation sites is 6. The van der Waals surface area contributed by atoms with Gasteiger partial charge in [0.25, 0.3) is 6.71 Å². The van der Waals surface area contributed by atoms with Gasteiger partial charge in [0.05, 0.1) is 22.1 Å². The molecule has 2 aliphatic heterocycles. The van der Waals surface area contributed by atoms with Gasteiger partial charge in [-0.15, -0.1) is 0 Å². The molecule has 0 saturated carbocycles. The monoisotopic (exact) mass is 476 g/mol. The normalized spacial score (nSPS) is 13.2. The second-order valence-electron chi connectivity index (χ2n) is 9.47. The van der Waals surface area contributed by atoms with Crippen molar-refractivity contribution in [3.8, 4) is 28.9 Å². The maximum Gasteiger partial charge on any atom is 0.262 e. The lowest BCUT2D eigenvalue weighted by atomic mass is 9.35. The van der Waals surface area contributed by atoms with Gasteiger partial charge in [0.1, 0.15) is 23.1 Å². The van der Waals surface area contributed by atoms with E-state index in [0.717, 1.165) is 61.5 Å². The van der Waals surface area contributed by atoms with Crippen molar-refractivity contribution in [2.75, 3.05) is 0 Å². The lowest BCUT2D eigenvalue weighted by Gasteiger charge is -2.32. The number of rotatable bonds is 1. The van der Waals surface area contributed by atoms with Crippen LogP contribution in [0.3, 0.4) is 0 Å². The average Bonchev–Trinajstić information content (AvgIpc) is 3.47. The number of nitrogens with zero attached hydrogens (tertiary/aromatic N) is 4. The molecule has 0 bridgehead atoms. The molecule has 0 N–H and O–H groups in total. The number of ether oxygens (including phenoxy) is 2. The number of fused-ring (bicyclic) bond motifs is 9. The first-order chi connectivity index (χ1) is 18.3. The SMILES string of the molecule is c1ccc2c(c1)Oc1cc(-n3c4ccccc4n4c5ccccc5nc34)nc3c1B2c1ccccc1O3. The number of hydrogen-bond donors (Lipinski definition) is 0. The smallest absolute Gasteiger partial charge is 0.262 e. The molecule has 7 aromatic rings. The minimum atomic E-state index is -0.00288. The van der Waals surface area contributed by atoms with Crippen LogP contribution in [0.2, 0.25) is 0 Å². The third kappa shape index (κ3) is 2.45. The molecule has 37 heavy (non-hydrogen) atoms. The molecule has 3 aromatic heterocycles. The molecule has 9 rings (SSSR count). The summed E-state index contributed by atoms with van der Waals surface area (Å²) >= 11 is 0. The summed E-state index contributed by atoms with van der Waals surface area (Å²) in [5, 5.41) is 0. The maximum absolute atomic E-state index is 6.50. The molecule has 7 heteroatoms. The molecule has 2 aliphatic rings. The fourth-order valence-corrected chi connectivity index (χ4v) is 5.94. The van der Waals surface area contributed by atoms with Crippen LogP contribution in [0, 0.1) is 0 Å². The van der Waals surface area contributed by atoms with E-state index in [9.17, 15) is 0 Å². The van der Waals surface area contributed by atoms with E-state index < -0.39 is 0 Å². The first kappa shape index (κ1) is 19.2. The van der Waals surface area contributed by atoms with Crippen molar-refractivity contribution in [3.63, 3.8) is 0 Å². The molecule has 0 fully saturated rings. The van der Waals surface area contributed by atoms with E-state index in [1.807, 2.05) is 54.6 Å². The van der Waals surface area contributed by atoms with Crippen molar-refractivity contribution in [1.29, 1.82) is 0 Å². The Bertz CT molecular complexity index is 2010. The summed E-state index contributed by atoms with van der Waals surface area (Å²) < 4.78 is 17.2. The molecular weight excluding hydrogens is 459 g/mol. The number of hydrogen-bond acceptors (Lipinski definition) is 4. The molecule has 0 spiro atoms. The first-order valence-corrected chi connectivity index (χ1v) is 12.3. The van der Waals surface area contributed by atoms with Crippen LogP contribution in [0.4, 0.5) is 0 Å². The minimum absolute atomic E-state index is 0.00288. The van der Waals surface area contributed by atoms with Crippen LogP contribution in [0.15, 0.2) is 103 Å². The summed E-state index contributed by atoms with van der Waals surface area (Å²) in [6.07, 6.45) is 0. The minimum Gasteiger partial charge on any atom is -0.458 e. The highest BCUT2D eigenvalue weighted by Crippen LogP contribution is 2.36. The van der Waals surface area contributed by atoms with Gasteiger partial charge in [-0.1, -0.05) is 60.7 Å². The second kappa shape index (κ2) is 6.80. The molecule has 0 amide bonds. The lowest BCUT2D eigenvalue weighted by molar-refractivity contribution is 0.450. The van der Waals surface area contributed by atoms with Crippen molar-refractivity contribution in [2.24, 2.45) is 0 Å². The molecule has 0 unspecified atom stereocenters. The topological polar surface area (TPSA) is 53.6 Å². The summed E-state index contributed by atoms with van der Waals surface area (Å²) in [7, 11) is 0. The molecule has 0 saturated heterocycles. The quantitative estimate of drug-likeness (QED) is 0.326. The predicted molar refractivity (Wildman–Crippen MR) is 145 cm³/mol. The highest BCUT2D eigenvalue weighted by molar-refractivity contribution is 6.98. The molecular formula is C30H17BN4O2. The first-order valence-electron chi connectivity index (χ1n) is 12.3. The fraction of sp³-hybridized carbons (Fsp3) is 0. The van der Waals surface area contributed by atoms with Crippen LogP contribution in [-0.2, 0) is 0 Å². The highest BCUT2D eigenvalue weighted by Gasteiger charge is 2.41. The zero-order chi connectivity index (χ0) is 24.1. The standard InChI is InChI=1S/C30H17BN4O2/c1-7-15-24-18(9-1)31-19-10-2-8-16-25(19)37-29-28(31)26(36-24)17-27(33-29)35-23-14-6-5-13-22(23)34-21-12-4-3-11-20(21)32-30(34)35/h1-17H. The van der Waals surface area contributed by atoms with Crippen LogP contribution in [0.25, 0.3) is 33.7 Å². The summed E-state index contributed by atoms with van der Waals surface area (Å²) in [4.78, 5) is 10.1. The van der Waals surface area contributed by atoms with Gasteiger partial charge < -0.3 is 9.47 Å². The summed E-state index contributed by atoms with van der Waals surface area (Å²) in [5.74, 6) is 4.50. The number of imidazole rings is 2. The van der Waals surface area contributed by atoms with Crippen LogP contribution in [-0.4, -0.2) is 25.6 Å². The van der Waals surface area contributed by atoms with Crippen LogP contribution < -0.4 is 25.9 Å². The highest BCUT2D eigenvalue weighted by atomic mass is 16.5. The molecule has 0 atom stereocenters. The van der Waals surface area contributed by atoms with E-state index in [1.165, 1.54) is 0 Å². The summed E-state index contributed by atoms with van der Waals surface area (Å²) in [6.45, 7) is -0.00288. The Kier molecular flexibility index (Phi) is 3.52. The number of aromatic nitrogens is 4. The Morgan fingerprint density at radius 3 is 2.05 bits per heavy atom. The Morgan fingerprint density at radius 1 is 0.595 bits per heavy atom. The largest absolute Gasteiger partial charge is 0.458 e. The van der Waals surface area contributed by atoms with Crippen molar-refractivity contribution < 1.29 is 9.47 Å². The van der Waals surface area contributed by atoms with Gasteiger partial charge in [-0.25, -0.2) is 4.98 Å². The fourth-order valence-electron chi connectivity index (χ4n) is 5.94. The van der Waals surface area contributed by atoms with Crippen molar-refractivity contribution in [3.05, 3.63) is 103 Å². The van der Waals surface area contributed by atoms with Crippen LogP contribution >= 0.6 is 0 Å². The molecule has 4 aromatic carbocycles. The van der Waals surface area contributed by atoms with E-state index >= 15 is 0 Å². The summed E-state index contributed by atoms with van der Waals surface area (Å²) in [5.41, 5.74) is 7.27. The molecule has 0 aliphatic carbocycles. The van der Waals surface area contributed by atoms with Crippen molar-refractivity contribution in [2.45, 2.75) is 0 Å². The van der Waals surface area contributed by atoms with Gasteiger partial charge >= 0.3 is 0 Å². The number of benzene rings is 4. The maximum atomic E-state index is 6.50. The predicted octanol–water partition coefficient (Wildman–Crippen LogP) is 4.55. The van der Waals surface area contributed by atoms with Gasteiger partial charge in [-0.3, -0.25) is 8.97 Å². The van der Waals surface area contributed by atoms with Crippen molar-refractivity contribution >= 4 is 50.9 Å². The van der Waals surface area contributed by atoms with Crippen LogP contribution in [0.5, 0.6) is 23.1 Å². The van der Waals surface area contributed by atoms with Gasteiger partial charge in [-0.05, 0) is 47.3 Å². The molecule has 5 heterocycles. The third-order valence-corrected chi connectivity index (χ3v) is 7.48. The van der Waals surface area contributed by atoms with Gasteiger partial charge in [0.2, 0.25) is 11.7 Å². The Hall–Kier alpha value is -5.04. The average molecular weight is 476 g/mol. The number of pyridine rings is 1. The van der Waals surface area contributed by atoms with E-state index in [4.69, 9.17) is 19.4 Å². The third-order valence-electron chi connectivity index (χ3n) is 7.48. The zero-order valence-electron chi connectivity index (χ0n) is 19.5. The summed E-state index contributed by atoms with van der Waals surface area (Å²) in [6, 6.07) is 34.9. The van der Waals surface area contributed by atoms with E-state index in [1.54, 1.807) is 0 Å². The Morgan fingerprint density at radius 2 is 1.24 bits per heavy atom. The van der Waals surface area contributed by atoms with Gasteiger partial charge in [0, 0.05) is 11.5 Å². The van der Waals surface area contributed by atoms with Gasteiger partial charge in [0.15, 0.2) is 0 Å². The van der Waals surface area contributed by atoms with Gasteiger partial charge in [-0.2, -0.15) is 4.98 Å². The lowest BCUT2D eigenvalue weighted by Crippen LogP contribution is -2.57. The Labute approximate surface area is 211 Å². The Balaban J connectivity index is 1.37. The molecule has 0 radical (unpaired) electrons. The van der Waals surface area contributed by atoms with Crippen LogP contribution in [0.1, 0.15) is 0 Å². The van der Waals surface area contributed by atoms with E-state index in [0.29, 0.717) is 11.7 Å². The molecule has 172 valence electrons. The molecule has 6 nitrogen and oxygen atoms in total. The second-order valence-corrected chi connectivity index (χ2v) is 9.47. The van der Waals surface area contributed by atoms with Crippen molar-refractivity contribution in [1.82, 2.24) is 18.9 Å². The van der Waals surface area contributed by atoms with E-state index in [-0.39, 0.29) is 6.71 Å². The van der Waals surface area contributed by atoms with E-state index in [2.05, 4.69) is 57.5 Å².